The molecule has 1 aromatic carbocycles. The van der Waals surface area contributed by atoms with E-state index in [1.54, 1.807) is 17.0 Å². The minimum absolute atomic E-state index is 0.142. The van der Waals surface area contributed by atoms with Crippen molar-refractivity contribution in [2.75, 3.05) is 26.2 Å². The van der Waals surface area contributed by atoms with Crippen molar-refractivity contribution in [3.8, 4) is 5.75 Å². The smallest absolute Gasteiger partial charge is 0.244 e. The van der Waals surface area contributed by atoms with Crippen LogP contribution in [0.15, 0.2) is 29.4 Å². The first kappa shape index (κ1) is 14.9. The Bertz CT molecular complexity index is 522. The Morgan fingerprint density at radius 2 is 1.67 bits per heavy atom. The van der Waals surface area contributed by atoms with Crippen LogP contribution in [0.3, 0.4) is 0 Å². The number of carbonyl (C=O) groups is 1. The maximum atomic E-state index is 12.4. The molecule has 1 aliphatic heterocycles. The molecule has 0 saturated carbocycles. The maximum Gasteiger partial charge on any atom is 0.244 e. The molecule has 0 bridgehead atoms. The first-order chi connectivity index (χ1) is 10.0. The Hall–Kier alpha value is -2.48. The number of phenols is 1. The molecule has 8 nitrogen and oxygen atoms in total. The minimum atomic E-state index is -0.738. The molecule has 0 radical (unpaired) electrons. The van der Waals surface area contributed by atoms with Crippen molar-refractivity contribution in [1.29, 1.82) is 0 Å². The van der Waals surface area contributed by atoms with Gasteiger partial charge < -0.3 is 32.2 Å². The number of hydrazone groups is 1. The van der Waals surface area contributed by atoms with Crippen LogP contribution in [0, 0.1) is 0 Å². The summed E-state index contributed by atoms with van der Waals surface area (Å²) >= 11 is 0. The molecule has 0 aromatic heterocycles. The molecule has 0 unspecified atom stereocenters. The van der Waals surface area contributed by atoms with Crippen LogP contribution in [-0.2, 0) is 4.79 Å². The zero-order chi connectivity index (χ0) is 15.4. The van der Waals surface area contributed by atoms with Crippen molar-refractivity contribution in [2.24, 2.45) is 22.4 Å². The first-order valence-corrected chi connectivity index (χ1v) is 6.64. The van der Waals surface area contributed by atoms with Gasteiger partial charge in [-0.1, -0.05) is 12.1 Å². The van der Waals surface area contributed by atoms with Crippen molar-refractivity contribution in [3.05, 3.63) is 29.8 Å². The number of benzene rings is 1. The van der Waals surface area contributed by atoms with E-state index in [1.165, 1.54) is 12.1 Å². The standard InChI is InChI=1S/C13H20N6O2/c14-11(9-1-3-10(20)4-2-9)12(21)18-5-7-19(8-6-18)13(15)17-16/h1-4,11,20H,5-8,14,16H2,(H2,15,17)/t11-/m1/s1. The lowest BCUT2D eigenvalue weighted by molar-refractivity contribution is -0.134. The Morgan fingerprint density at radius 1 is 1.14 bits per heavy atom. The molecule has 2 rings (SSSR count). The van der Waals surface area contributed by atoms with E-state index in [1.807, 2.05) is 4.90 Å². The topological polar surface area (TPSA) is 134 Å². The van der Waals surface area contributed by atoms with Gasteiger partial charge in [0.2, 0.25) is 11.9 Å². The number of guanidine groups is 1. The number of nitrogens with zero attached hydrogens (tertiary/aromatic N) is 3. The number of amides is 1. The number of piperazine rings is 1. The Morgan fingerprint density at radius 3 is 2.19 bits per heavy atom. The number of aromatic hydroxyl groups is 1. The van der Waals surface area contributed by atoms with Gasteiger partial charge in [0.25, 0.3) is 0 Å². The second-order valence-corrected chi connectivity index (χ2v) is 4.87. The third-order valence-corrected chi connectivity index (χ3v) is 3.57. The van der Waals surface area contributed by atoms with Gasteiger partial charge in [0, 0.05) is 26.2 Å². The lowest BCUT2D eigenvalue weighted by Gasteiger charge is -2.36. The second kappa shape index (κ2) is 6.31. The molecule has 1 amide bonds. The van der Waals surface area contributed by atoms with Gasteiger partial charge in [-0.2, -0.15) is 0 Å². The second-order valence-electron chi connectivity index (χ2n) is 4.87. The molecular weight excluding hydrogens is 272 g/mol. The maximum absolute atomic E-state index is 12.4. The molecule has 1 heterocycles. The molecule has 1 atom stereocenters. The van der Waals surface area contributed by atoms with Crippen molar-refractivity contribution in [2.45, 2.75) is 6.04 Å². The van der Waals surface area contributed by atoms with Crippen LogP contribution < -0.4 is 17.3 Å². The van der Waals surface area contributed by atoms with E-state index in [9.17, 15) is 9.90 Å². The fourth-order valence-corrected chi connectivity index (χ4v) is 2.26. The Kier molecular flexibility index (Phi) is 4.49. The summed E-state index contributed by atoms with van der Waals surface area (Å²) in [5, 5.41) is 12.7. The fraction of sp³-hybridized carbons (Fsp3) is 0.385. The van der Waals surface area contributed by atoms with E-state index in [-0.39, 0.29) is 17.6 Å². The number of nitrogens with two attached hydrogens (primary N) is 3. The van der Waals surface area contributed by atoms with Gasteiger partial charge in [-0.05, 0) is 17.7 Å². The van der Waals surface area contributed by atoms with Gasteiger partial charge in [-0.15, -0.1) is 5.10 Å². The summed E-state index contributed by atoms with van der Waals surface area (Å²) in [4.78, 5) is 15.9. The van der Waals surface area contributed by atoms with Crippen LogP contribution in [0.25, 0.3) is 0 Å². The number of hydrogen-bond donors (Lipinski definition) is 4. The largest absolute Gasteiger partial charge is 0.508 e. The predicted molar refractivity (Wildman–Crippen MR) is 79.0 cm³/mol. The van der Waals surface area contributed by atoms with E-state index >= 15 is 0 Å². The lowest BCUT2D eigenvalue weighted by atomic mass is 10.1. The molecule has 8 heteroatoms. The van der Waals surface area contributed by atoms with Gasteiger partial charge in [-0.3, -0.25) is 4.79 Å². The average molecular weight is 292 g/mol. The number of hydrogen-bond acceptors (Lipinski definition) is 5. The van der Waals surface area contributed by atoms with E-state index in [0.29, 0.717) is 31.7 Å². The van der Waals surface area contributed by atoms with Crippen LogP contribution in [0.4, 0.5) is 0 Å². The first-order valence-electron chi connectivity index (χ1n) is 6.64. The van der Waals surface area contributed by atoms with Crippen LogP contribution in [0.1, 0.15) is 11.6 Å². The van der Waals surface area contributed by atoms with E-state index < -0.39 is 6.04 Å². The summed E-state index contributed by atoms with van der Waals surface area (Å²) in [5.74, 6) is 5.40. The van der Waals surface area contributed by atoms with E-state index in [2.05, 4.69) is 5.10 Å². The monoisotopic (exact) mass is 292 g/mol. The van der Waals surface area contributed by atoms with Crippen molar-refractivity contribution in [1.82, 2.24) is 9.80 Å². The molecule has 1 saturated heterocycles. The summed E-state index contributed by atoms with van der Waals surface area (Å²) in [6.07, 6.45) is 0. The predicted octanol–water partition coefficient (Wildman–Crippen LogP) is -1.28. The van der Waals surface area contributed by atoms with Gasteiger partial charge >= 0.3 is 0 Å². The van der Waals surface area contributed by atoms with Crippen LogP contribution >= 0.6 is 0 Å². The number of carbonyl (C=O) groups excluding carboxylic acids is 1. The molecular formula is C13H20N6O2. The highest BCUT2D eigenvalue weighted by atomic mass is 16.3. The van der Waals surface area contributed by atoms with Crippen molar-refractivity contribution >= 4 is 11.9 Å². The zero-order valence-corrected chi connectivity index (χ0v) is 11.6. The molecule has 7 N–H and O–H groups in total. The van der Waals surface area contributed by atoms with Crippen molar-refractivity contribution < 1.29 is 9.90 Å². The van der Waals surface area contributed by atoms with Gasteiger partial charge in [0.15, 0.2) is 0 Å². The van der Waals surface area contributed by atoms with E-state index in [0.717, 1.165) is 0 Å². The molecule has 114 valence electrons. The highest BCUT2D eigenvalue weighted by Gasteiger charge is 2.26. The number of phenolic OH excluding ortho intramolecular Hbond substituents is 1. The highest BCUT2D eigenvalue weighted by molar-refractivity contribution is 5.83. The summed E-state index contributed by atoms with van der Waals surface area (Å²) < 4.78 is 0. The van der Waals surface area contributed by atoms with E-state index in [4.69, 9.17) is 17.3 Å². The zero-order valence-electron chi connectivity index (χ0n) is 11.6. The Labute approximate surface area is 122 Å². The molecule has 0 spiro atoms. The lowest BCUT2D eigenvalue weighted by Crippen LogP contribution is -2.54. The minimum Gasteiger partial charge on any atom is -0.508 e. The SMILES string of the molecule is NN=C(N)N1CCN(C(=O)[C@H](N)c2ccc(O)cc2)CC1. The van der Waals surface area contributed by atoms with Crippen molar-refractivity contribution in [3.63, 3.8) is 0 Å². The van der Waals surface area contributed by atoms with Crippen LogP contribution in [0.5, 0.6) is 5.75 Å². The molecule has 0 aliphatic carbocycles. The summed E-state index contributed by atoms with van der Waals surface area (Å²) in [7, 11) is 0. The van der Waals surface area contributed by atoms with Gasteiger partial charge in [0.1, 0.15) is 11.8 Å². The normalized spacial score (nSPS) is 17.7. The van der Waals surface area contributed by atoms with Crippen LogP contribution in [0.2, 0.25) is 0 Å². The third kappa shape index (κ3) is 3.34. The molecule has 1 aromatic rings. The van der Waals surface area contributed by atoms with Gasteiger partial charge in [0.05, 0.1) is 0 Å². The molecule has 1 fully saturated rings. The highest BCUT2D eigenvalue weighted by Crippen LogP contribution is 2.17. The molecule has 21 heavy (non-hydrogen) atoms. The summed E-state index contributed by atoms with van der Waals surface area (Å²) in [5.41, 5.74) is 12.3. The summed E-state index contributed by atoms with van der Waals surface area (Å²) in [6.45, 7) is 2.17. The average Bonchev–Trinajstić information content (AvgIpc) is 2.53. The Balaban J connectivity index is 1.97. The van der Waals surface area contributed by atoms with Crippen LogP contribution in [-0.4, -0.2) is 53.0 Å². The molecule has 1 aliphatic rings. The quantitative estimate of drug-likeness (QED) is 0.232. The number of rotatable bonds is 2. The van der Waals surface area contributed by atoms with Gasteiger partial charge in [-0.25, -0.2) is 0 Å². The third-order valence-electron chi connectivity index (χ3n) is 3.57. The summed E-state index contributed by atoms with van der Waals surface area (Å²) in [6, 6.07) is 5.58. The fourth-order valence-electron chi connectivity index (χ4n) is 2.26.